The van der Waals surface area contributed by atoms with Gasteiger partial charge in [0.25, 0.3) is 10.1 Å². The van der Waals surface area contributed by atoms with E-state index in [4.69, 9.17) is 4.55 Å². The highest BCUT2D eigenvalue weighted by atomic mass is 32.2. The second-order valence-electron chi connectivity index (χ2n) is 6.18. The molecule has 0 heterocycles. The van der Waals surface area contributed by atoms with Crippen molar-refractivity contribution in [3.8, 4) is 0 Å². The van der Waals surface area contributed by atoms with Crippen LogP contribution in [0.1, 0.15) is 38.5 Å². The summed E-state index contributed by atoms with van der Waals surface area (Å²) in [7, 11) is -4.89. The number of hydrogen-bond donors (Lipinski definition) is 1. The van der Waals surface area contributed by atoms with Crippen LogP contribution in [0.3, 0.4) is 0 Å². The zero-order valence-corrected chi connectivity index (χ0v) is 12.7. The predicted molar refractivity (Wildman–Crippen MR) is 70.5 cm³/mol. The van der Waals surface area contributed by atoms with Gasteiger partial charge in [0.2, 0.25) is 6.10 Å². The van der Waals surface area contributed by atoms with Gasteiger partial charge in [-0.25, -0.2) is 0 Å². The molecule has 4 unspecified atom stereocenters. The molecule has 0 radical (unpaired) electrons. The van der Waals surface area contributed by atoms with Gasteiger partial charge in [-0.15, -0.1) is 0 Å². The van der Waals surface area contributed by atoms with Crippen molar-refractivity contribution in [2.45, 2.75) is 50.8 Å². The van der Waals surface area contributed by atoms with E-state index in [9.17, 15) is 26.4 Å². The van der Waals surface area contributed by atoms with E-state index in [1.165, 1.54) is 0 Å². The van der Waals surface area contributed by atoms with Crippen LogP contribution in [0.15, 0.2) is 0 Å². The number of carbonyl (C=O) groups excluding carboxylic acids is 1. The van der Waals surface area contributed by atoms with Gasteiger partial charge in [-0.2, -0.15) is 21.6 Å². The minimum absolute atomic E-state index is 0.345. The Balaban J connectivity index is 1.98. The first kappa shape index (κ1) is 17.5. The number of esters is 1. The molecule has 0 aliphatic heterocycles. The third-order valence-electron chi connectivity index (χ3n) is 4.61. The fraction of sp³-hybridized carbons (Fsp3) is 0.923. The van der Waals surface area contributed by atoms with Crippen molar-refractivity contribution in [2.75, 3.05) is 5.75 Å². The van der Waals surface area contributed by atoms with Crippen LogP contribution in [0, 0.1) is 17.8 Å². The maximum Gasteiger partial charge on any atom is 0.426 e. The molecular weight excluding hydrogens is 325 g/mol. The first-order chi connectivity index (χ1) is 10.1. The summed E-state index contributed by atoms with van der Waals surface area (Å²) in [5.74, 6) is -2.42. The molecule has 0 aromatic carbocycles. The second-order valence-corrected chi connectivity index (χ2v) is 7.67. The molecule has 2 aliphatic rings. The van der Waals surface area contributed by atoms with Crippen LogP contribution in [0.25, 0.3) is 0 Å². The lowest BCUT2D eigenvalue weighted by atomic mass is 9.76. The maximum absolute atomic E-state index is 12.7. The Morgan fingerprint density at radius 3 is 2.41 bits per heavy atom. The van der Waals surface area contributed by atoms with Crippen LogP contribution < -0.4 is 0 Å². The predicted octanol–water partition coefficient (Wildman–Crippen LogP) is 2.56. The van der Waals surface area contributed by atoms with Crippen LogP contribution in [0.4, 0.5) is 13.2 Å². The minimum atomic E-state index is -5.03. The molecule has 0 spiro atoms. The average Bonchev–Trinajstić information content (AvgIpc) is 2.82. The molecule has 0 saturated heterocycles. The first-order valence-corrected chi connectivity index (χ1v) is 8.89. The van der Waals surface area contributed by atoms with E-state index in [1.807, 2.05) is 0 Å². The number of fused-ring (bicyclic) bond motifs is 1. The lowest BCUT2D eigenvalue weighted by molar-refractivity contribution is -0.218. The number of rotatable bonds is 4. The summed E-state index contributed by atoms with van der Waals surface area (Å²) in [6.45, 7) is 0. The molecule has 9 heteroatoms. The summed E-state index contributed by atoms with van der Waals surface area (Å²) in [5, 5.41) is 0. The summed E-state index contributed by atoms with van der Waals surface area (Å²) >= 11 is 0. The molecule has 2 fully saturated rings. The van der Waals surface area contributed by atoms with E-state index in [1.54, 1.807) is 0 Å². The topological polar surface area (TPSA) is 80.7 Å². The Morgan fingerprint density at radius 2 is 1.82 bits per heavy atom. The summed E-state index contributed by atoms with van der Waals surface area (Å²) in [6, 6.07) is 0. The quantitative estimate of drug-likeness (QED) is 0.626. The zero-order chi connectivity index (χ0) is 16.5. The fourth-order valence-corrected chi connectivity index (χ4v) is 4.18. The lowest BCUT2D eigenvalue weighted by Gasteiger charge is -2.31. The molecule has 0 amide bonds. The standard InChI is InChI=1S/C13H19F3O5S/c14-13(15,16)11(7-22(18,19)20)21-12(17)10-5-4-8-2-1-3-9(8)6-10/h8-11H,1-7H2,(H,18,19,20). The fourth-order valence-electron chi connectivity index (χ4n) is 3.54. The second kappa shape index (κ2) is 6.35. The Bertz CT molecular complexity index is 516. The van der Waals surface area contributed by atoms with Crippen molar-refractivity contribution in [2.24, 2.45) is 17.8 Å². The largest absolute Gasteiger partial charge is 0.451 e. The van der Waals surface area contributed by atoms with Crippen LogP contribution >= 0.6 is 0 Å². The highest BCUT2D eigenvalue weighted by Gasteiger charge is 2.47. The molecular formula is C13H19F3O5S. The maximum atomic E-state index is 12.7. The molecule has 1 N–H and O–H groups in total. The summed E-state index contributed by atoms with van der Waals surface area (Å²) < 4.78 is 72.5. The zero-order valence-electron chi connectivity index (χ0n) is 11.9. The SMILES string of the molecule is O=C(OC(CS(=O)(=O)O)C(F)(F)F)C1CCC2CCCC2C1. The summed E-state index contributed by atoms with van der Waals surface area (Å²) in [6.07, 6.45) is -2.95. The van der Waals surface area contributed by atoms with Gasteiger partial charge in [-0.1, -0.05) is 19.3 Å². The number of hydrogen-bond acceptors (Lipinski definition) is 4. The van der Waals surface area contributed by atoms with Gasteiger partial charge in [0.15, 0.2) is 0 Å². The molecule has 128 valence electrons. The van der Waals surface area contributed by atoms with E-state index >= 15 is 0 Å². The van der Waals surface area contributed by atoms with Gasteiger partial charge >= 0.3 is 12.1 Å². The van der Waals surface area contributed by atoms with Gasteiger partial charge < -0.3 is 4.74 Å². The smallest absolute Gasteiger partial charge is 0.426 e. The highest BCUT2D eigenvalue weighted by Crippen LogP contribution is 2.44. The first-order valence-electron chi connectivity index (χ1n) is 7.28. The van der Waals surface area contributed by atoms with Crippen molar-refractivity contribution in [3.05, 3.63) is 0 Å². The number of ether oxygens (including phenoxy) is 1. The molecule has 2 saturated carbocycles. The monoisotopic (exact) mass is 344 g/mol. The van der Waals surface area contributed by atoms with Crippen LogP contribution in [0.2, 0.25) is 0 Å². The molecule has 5 nitrogen and oxygen atoms in total. The molecule has 0 aromatic heterocycles. The number of alkyl halides is 3. The van der Waals surface area contributed by atoms with Gasteiger partial charge in [-0.3, -0.25) is 9.35 Å². The van der Waals surface area contributed by atoms with Crippen LogP contribution in [-0.2, 0) is 19.6 Å². The van der Waals surface area contributed by atoms with Crippen molar-refractivity contribution in [3.63, 3.8) is 0 Å². The average molecular weight is 344 g/mol. The highest BCUT2D eigenvalue weighted by molar-refractivity contribution is 7.85. The third-order valence-corrected chi connectivity index (χ3v) is 5.33. The number of carbonyl (C=O) groups is 1. The summed E-state index contributed by atoms with van der Waals surface area (Å²) in [4.78, 5) is 11.9. The van der Waals surface area contributed by atoms with E-state index < -0.39 is 40.0 Å². The van der Waals surface area contributed by atoms with Crippen molar-refractivity contribution in [1.82, 2.24) is 0 Å². The minimum Gasteiger partial charge on any atom is -0.451 e. The van der Waals surface area contributed by atoms with Crippen LogP contribution in [0.5, 0.6) is 0 Å². The molecule has 0 aromatic rings. The molecule has 2 rings (SSSR count). The van der Waals surface area contributed by atoms with Crippen molar-refractivity contribution < 1.29 is 35.7 Å². The van der Waals surface area contributed by atoms with Crippen molar-refractivity contribution in [1.29, 1.82) is 0 Å². The lowest BCUT2D eigenvalue weighted by Crippen LogP contribution is -2.41. The molecule has 22 heavy (non-hydrogen) atoms. The van der Waals surface area contributed by atoms with E-state index in [2.05, 4.69) is 4.74 Å². The van der Waals surface area contributed by atoms with Gasteiger partial charge in [-0.05, 0) is 31.1 Å². The van der Waals surface area contributed by atoms with E-state index in [0.717, 1.165) is 25.7 Å². The van der Waals surface area contributed by atoms with Crippen LogP contribution in [-0.4, -0.2) is 37.0 Å². The van der Waals surface area contributed by atoms with E-state index in [0.29, 0.717) is 24.7 Å². The van der Waals surface area contributed by atoms with Gasteiger partial charge in [0.05, 0.1) is 5.92 Å². The molecule has 0 bridgehead atoms. The Kier molecular flexibility index (Phi) is 5.06. The normalized spacial score (nSPS) is 30.6. The third kappa shape index (κ3) is 4.58. The molecule has 4 atom stereocenters. The Hall–Kier alpha value is -0.830. The van der Waals surface area contributed by atoms with Crippen molar-refractivity contribution >= 4 is 16.1 Å². The number of halogens is 3. The van der Waals surface area contributed by atoms with E-state index in [-0.39, 0.29) is 0 Å². The molecule has 2 aliphatic carbocycles. The summed E-state index contributed by atoms with van der Waals surface area (Å²) in [5.41, 5.74) is 0. The van der Waals surface area contributed by atoms with Gasteiger partial charge in [0.1, 0.15) is 5.75 Å². The Labute approximate surface area is 127 Å². The van der Waals surface area contributed by atoms with Gasteiger partial charge in [0, 0.05) is 0 Å². The Morgan fingerprint density at radius 1 is 1.18 bits per heavy atom.